The highest BCUT2D eigenvalue weighted by Gasteiger charge is 2.19. The number of methoxy groups -OCH3 is 1. The molecular weight excluding hydrogens is 276 g/mol. The van der Waals surface area contributed by atoms with Crippen LogP contribution in [0.4, 0.5) is 0 Å². The normalized spacial score (nSPS) is 12.6. The minimum absolute atomic E-state index is 0.603. The number of hydrogen-bond acceptors (Lipinski definition) is 3. The summed E-state index contributed by atoms with van der Waals surface area (Å²) in [4.78, 5) is 4.72. The molecule has 22 heavy (non-hydrogen) atoms. The van der Waals surface area contributed by atoms with E-state index in [1.165, 1.54) is 0 Å². The summed E-state index contributed by atoms with van der Waals surface area (Å²) in [6, 6.07) is 11.9. The number of aryl methyl sites for hydroxylation is 2. The molecule has 2 aromatic heterocycles. The fraction of sp³-hybridized carbons (Fsp3) is 0.278. The molecular formula is C18H20N2O2. The van der Waals surface area contributed by atoms with Gasteiger partial charge in [0.2, 0.25) is 0 Å². The first-order valence-corrected chi connectivity index (χ1v) is 7.34. The monoisotopic (exact) mass is 296 g/mol. The topological polar surface area (TPSA) is 46.8 Å². The third-order valence-corrected chi connectivity index (χ3v) is 3.94. The average molecular weight is 296 g/mol. The zero-order valence-corrected chi connectivity index (χ0v) is 13.3. The largest absolute Gasteiger partial charge is 0.496 e. The van der Waals surface area contributed by atoms with Crippen molar-refractivity contribution in [1.82, 2.24) is 9.38 Å². The first-order valence-electron chi connectivity index (χ1n) is 7.34. The van der Waals surface area contributed by atoms with Crippen LogP contribution >= 0.6 is 0 Å². The van der Waals surface area contributed by atoms with Crippen molar-refractivity contribution in [2.24, 2.45) is 0 Å². The van der Waals surface area contributed by atoms with Crippen LogP contribution in [-0.2, 0) is 0 Å². The van der Waals surface area contributed by atoms with E-state index >= 15 is 0 Å². The Balaban J connectivity index is 2.29. The van der Waals surface area contributed by atoms with Gasteiger partial charge >= 0.3 is 0 Å². The van der Waals surface area contributed by atoms with Gasteiger partial charge in [0.1, 0.15) is 11.4 Å². The molecule has 1 N–H and O–H groups in total. The number of aliphatic hydroxyl groups excluding tert-OH is 1. The Hall–Kier alpha value is -2.33. The van der Waals surface area contributed by atoms with Crippen LogP contribution in [0, 0.1) is 13.8 Å². The van der Waals surface area contributed by atoms with Crippen molar-refractivity contribution in [2.75, 3.05) is 7.11 Å². The van der Waals surface area contributed by atoms with Crippen molar-refractivity contribution in [3.8, 4) is 17.0 Å². The summed E-state index contributed by atoms with van der Waals surface area (Å²) in [5, 5.41) is 10.3. The summed E-state index contributed by atoms with van der Waals surface area (Å²) >= 11 is 0. The first kappa shape index (κ1) is 14.6. The van der Waals surface area contributed by atoms with E-state index in [4.69, 9.17) is 9.72 Å². The van der Waals surface area contributed by atoms with Crippen LogP contribution in [0.5, 0.6) is 5.75 Å². The van der Waals surface area contributed by atoms with Crippen LogP contribution < -0.4 is 4.74 Å². The van der Waals surface area contributed by atoms with E-state index in [1.807, 2.05) is 54.6 Å². The molecule has 0 aliphatic rings. The number of fused-ring (bicyclic) bond motifs is 1. The highest BCUT2D eigenvalue weighted by Crippen LogP contribution is 2.32. The Bertz CT molecular complexity index is 834. The van der Waals surface area contributed by atoms with E-state index < -0.39 is 6.10 Å². The number of nitrogens with zero attached hydrogens (tertiary/aromatic N) is 2. The van der Waals surface area contributed by atoms with Crippen molar-refractivity contribution >= 4 is 5.65 Å². The lowest BCUT2D eigenvalue weighted by molar-refractivity contribution is 0.194. The number of aromatic nitrogens is 2. The van der Waals surface area contributed by atoms with Crippen LogP contribution in [0.15, 0.2) is 36.4 Å². The molecule has 0 aliphatic heterocycles. The molecule has 114 valence electrons. The third kappa shape index (κ3) is 2.25. The number of ether oxygens (including phenoxy) is 1. The van der Waals surface area contributed by atoms with Crippen LogP contribution in [0.2, 0.25) is 0 Å². The lowest BCUT2D eigenvalue weighted by atomic mass is 10.0. The minimum Gasteiger partial charge on any atom is -0.496 e. The van der Waals surface area contributed by atoms with Crippen molar-refractivity contribution in [2.45, 2.75) is 26.9 Å². The standard InChI is InChI=1S/C18H20N2O2/c1-11-10-14(8-9-15(11)22-4)17-18(13(3)21)20-12(2)6-5-7-16(20)19-17/h5-10,13,21H,1-4H3. The van der Waals surface area contributed by atoms with Gasteiger partial charge in [-0.2, -0.15) is 0 Å². The van der Waals surface area contributed by atoms with Crippen molar-refractivity contribution < 1.29 is 9.84 Å². The molecule has 2 heterocycles. The van der Waals surface area contributed by atoms with Gasteiger partial charge in [-0.25, -0.2) is 4.98 Å². The number of imidazole rings is 1. The molecule has 0 fully saturated rings. The minimum atomic E-state index is -0.603. The Labute approximate surface area is 130 Å². The molecule has 3 aromatic rings. The summed E-state index contributed by atoms with van der Waals surface area (Å²) in [5.41, 5.74) is 5.56. The fourth-order valence-electron chi connectivity index (χ4n) is 2.90. The molecule has 1 atom stereocenters. The Morgan fingerprint density at radius 1 is 1.18 bits per heavy atom. The van der Waals surface area contributed by atoms with Crippen LogP contribution in [0.25, 0.3) is 16.9 Å². The third-order valence-electron chi connectivity index (χ3n) is 3.94. The molecule has 4 nitrogen and oxygen atoms in total. The molecule has 0 saturated carbocycles. The van der Waals surface area contributed by atoms with Gasteiger partial charge in [-0.05, 0) is 56.7 Å². The molecule has 4 heteroatoms. The summed E-state index contributed by atoms with van der Waals surface area (Å²) in [5.74, 6) is 0.849. The van der Waals surface area contributed by atoms with E-state index in [2.05, 4.69) is 0 Å². The van der Waals surface area contributed by atoms with E-state index in [0.29, 0.717) is 0 Å². The second-order valence-electron chi connectivity index (χ2n) is 5.57. The van der Waals surface area contributed by atoms with Gasteiger partial charge in [0.05, 0.1) is 24.6 Å². The van der Waals surface area contributed by atoms with Crippen molar-refractivity contribution in [3.63, 3.8) is 0 Å². The van der Waals surface area contributed by atoms with Gasteiger partial charge in [-0.3, -0.25) is 4.40 Å². The second-order valence-corrected chi connectivity index (χ2v) is 5.57. The van der Waals surface area contributed by atoms with Crippen LogP contribution in [0.1, 0.15) is 30.0 Å². The number of hydrogen-bond donors (Lipinski definition) is 1. The number of pyridine rings is 1. The van der Waals surface area contributed by atoms with Crippen molar-refractivity contribution in [3.05, 3.63) is 53.3 Å². The Morgan fingerprint density at radius 2 is 1.95 bits per heavy atom. The first-order chi connectivity index (χ1) is 10.5. The smallest absolute Gasteiger partial charge is 0.137 e. The SMILES string of the molecule is COc1ccc(-c2nc3cccc(C)n3c2C(C)O)cc1C. The maximum absolute atomic E-state index is 10.3. The van der Waals surface area contributed by atoms with E-state index in [9.17, 15) is 5.11 Å². The Kier molecular flexibility index (Phi) is 3.62. The summed E-state index contributed by atoms with van der Waals surface area (Å²) in [6.45, 7) is 5.80. The fourth-order valence-corrected chi connectivity index (χ4v) is 2.90. The predicted octanol–water partition coefficient (Wildman–Crippen LogP) is 3.68. The number of aliphatic hydroxyl groups is 1. The number of benzene rings is 1. The van der Waals surface area contributed by atoms with Crippen LogP contribution in [-0.4, -0.2) is 21.6 Å². The van der Waals surface area contributed by atoms with E-state index in [0.717, 1.165) is 39.6 Å². The lowest BCUT2D eigenvalue weighted by Crippen LogP contribution is -2.02. The highest BCUT2D eigenvalue weighted by molar-refractivity contribution is 5.69. The predicted molar refractivity (Wildman–Crippen MR) is 87.3 cm³/mol. The van der Waals surface area contributed by atoms with Gasteiger partial charge in [0.15, 0.2) is 0 Å². The Morgan fingerprint density at radius 3 is 2.59 bits per heavy atom. The molecule has 0 radical (unpaired) electrons. The maximum atomic E-state index is 10.3. The molecule has 0 saturated heterocycles. The van der Waals surface area contributed by atoms with Gasteiger partial charge < -0.3 is 9.84 Å². The summed E-state index contributed by atoms with van der Waals surface area (Å²) < 4.78 is 7.33. The number of rotatable bonds is 3. The molecule has 0 bridgehead atoms. The van der Waals surface area contributed by atoms with Gasteiger partial charge in [-0.15, -0.1) is 0 Å². The molecule has 0 spiro atoms. The lowest BCUT2D eigenvalue weighted by Gasteiger charge is -2.11. The summed E-state index contributed by atoms with van der Waals surface area (Å²) in [7, 11) is 1.66. The van der Waals surface area contributed by atoms with Gasteiger partial charge in [0.25, 0.3) is 0 Å². The second kappa shape index (κ2) is 5.46. The average Bonchev–Trinajstić information content (AvgIpc) is 2.88. The zero-order valence-electron chi connectivity index (χ0n) is 13.3. The molecule has 1 aromatic carbocycles. The molecule has 0 aliphatic carbocycles. The van der Waals surface area contributed by atoms with Crippen molar-refractivity contribution in [1.29, 1.82) is 0 Å². The van der Waals surface area contributed by atoms with E-state index in [-0.39, 0.29) is 0 Å². The van der Waals surface area contributed by atoms with Crippen LogP contribution in [0.3, 0.4) is 0 Å². The van der Waals surface area contributed by atoms with Gasteiger partial charge in [0, 0.05) is 11.3 Å². The maximum Gasteiger partial charge on any atom is 0.137 e. The molecule has 0 amide bonds. The van der Waals surface area contributed by atoms with Gasteiger partial charge in [-0.1, -0.05) is 6.07 Å². The summed E-state index contributed by atoms with van der Waals surface area (Å²) in [6.07, 6.45) is -0.603. The molecule has 3 rings (SSSR count). The zero-order chi connectivity index (χ0) is 15.9. The quantitative estimate of drug-likeness (QED) is 0.802. The van der Waals surface area contributed by atoms with E-state index in [1.54, 1.807) is 14.0 Å². The highest BCUT2D eigenvalue weighted by atomic mass is 16.5. The molecule has 1 unspecified atom stereocenters.